The summed E-state index contributed by atoms with van der Waals surface area (Å²) in [4.78, 5) is 0. The first-order chi connectivity index (χ1) is 10.2. The Bertz CT molecular complexity index is 644. The van der Waals surface area contributed by atoms with Gasteiger partial charge in [-0.2, -0.15) is 0 Å². The number of hydrogen-bond acceptors (Lipinski definition) is 3. The lowest BCUT2D eigenvalue weighted by atomic mass is 9.93. The van der Waals surface area contributed by atoms with Gasteiger partial charge < -0.3 is 15.2 Å². The van der Waals surface area contributed by atoms with Crippen LogP contribution in [0.15, 0.2) is 42.5 Å². The lowest BCUT2D eigenvalue weighted by molar-refractivity contribution is 0.159. The predicted molar refractivity (Wildman–Crippen MR) is 78.5 cm³/mol. The maximum absolute atomic E-state index is 13.4. The zero-order valence-corrected chi connectivity index (χ0v) is 11.9. The molecule has 4 heteroatoms. The third-order valence-electron chi connectivity index (χ3n) is 3.75. The first-order valence-electron chi connectivity index (χ1n) is 6.97. The van der Waals surface area contributed by atoms with Crippen molar-refractivity contribution in [3.05, 3.63) is 65.0 Å². The van der Waals surface area contributed by atoms with Crippen LogP contribution in [-0.2, 0) is 11.3 Å². The number of rotatable bonds is 3. The highest BCUT2D eigenvalue weighted by Crippen LogP contribution is 2.40. The SMILES string of the molecule is COCc1cccc(C2CC(N)c3ccc(F)cc3O2)c1. The van der Waals surface area contributed by atoms with Crippen LogP contribution < -0.4 is 10.5 Å². The van der Waals surface area contributed by atoms with Crippen molar-refractivity contribution in [2.24, 2.45) is 5.73 Å². The van der Waals surface area contributed by atoms with Crippen LogP contribution in [0, 0.1) is 5.82 Å². The van der Waals surface area contributed by atoms with Gasteiger partial charge in [-0.05, 0) is 23.3 Å². The Kier molecular flexibility index (Phi) is 3.90. The van der Waals surface area contributed by atoms with Crippen molar-refractivity contribution in [2.45, 2.75) is 25.2 Å². The van der Waals surface area contributed by atoms with Crippen molar-refractivity contribution < 1.29 is 13.9 Å². The minimum absolute atomic E-state index is 0.148. The minimum Gasteiger partial charge on any atom is -0.485 e. The van der Waals surface area contributed by atoms with Gasteiger partial charge in [0.25, 0.3) is 0 Å². The van der Waals surface area contributed by atoms with E-state index in [-0.39, 0.29) is 18.0 Å². The van der Waals surface area contributed by atoms with Crippen LogP contribution in [0.4, 0.5) is 4.39 Å². The van der Waals surface area contributed by atoms with Crippen LogP contribution in [0.2, 0.25) is 0 Å². The summed E-state index contributed by atoms with van der Waals surface area (Å²) >= 11 is 0. The molecule has 1 aliphatic heterocycles. The Morgan fingerprint density at radius 1 is 1.29 bits per heavy atom. The molecule has 0 saturated carbocycles. The molecule has 0 aromatic heterocycles. The Labute approximate surface area is 123 Å². The highest BCUT2D eigenvalue weighted by atomic mass is 19.1. The molecule has 1 aliphatic rings. The average molecular weight is 287 g/mol. The van der Waals surface area contributed by atoms with Crippen LogP contribution in [0.3, 0.4) is 0 Å². The molecular formula is C17H18FNO2. The first kappa shape index (κ1) is 14.0. The molecule has 0 saturated heterocycles. The number of methoxy groups -OCH3 is 1. The molecule has 0 spiro atoms. The van der Waals surface area contributed by atoms with E-state index in [2.05, 4.69) is 0 Å². The van der Waals surface area contributed by atoms with Gasteiger partial charge in [0.15, 0.2) is 0 Å². The molecule has 2 N–H and O–H groups in total. The van der Waals surface area contributed by atoms with E-state index in [9.17, 15) is 4.39 Å². The molecule has 0 bridgehead atoms. The van der Waals surface area contributed by atoms with Gasteiger partial charge in [0.05, 0.1) is 6.61 Å². The molecule has 2 aromatic carbocycles. The van der Waals surface area contributed by atoms with E-state index < -0.39 is 0 Å². The van der Waals surface area contributed by atoms with Gasteiger partial charge in [0.1, 0.15) is 17.7 Å². The average Bonchev–Trinajstić information content (AvgIpc) is 2.47. The Hall–Kier alpha value is -1.91. The predicted octanol–water partition coefficient (Wildman–Crippen LogP) is 3.50. The van der Waals surface area contributed by atoms with Crippen molar-refractivity contribution in [3.63, 3.8) is 0 Å². The molecule has 0 amide bonds. The smallest absolute Gasteiger partial charge is 0.127 e. The van der Waals surface area contributed by atoms with Crippen LogP contribution in [0.1, 0.15) is 35.3 Å². The third-order valence-corrected chi connectivity index (χ3v) is 3.75. The van der Waals surface area contributed by atoms with Crippen molar-refractivity contribution >= 4 is 0 Å². The minimum atomic E-state index is -0.310. The normalized spacial score (nSPS) is 20.7. The zero-order valence-electron chi connectivity index (χ0n) is 11.9. The van der Waals surface area contributed by atoms with Gasteiger partial charge in [-0.15, -0.1) is 0 Å². The summed E-state index contributed by atoms with van der Waals surface area (Å²) < 4.78 is 24.5. The summed E-state index contributed by atoms with van der Waals surface area (Å²) in [5, 5.41) is 0. The molecule has 0 radical (unpaired) electrons. The number of nitrogens with two attached hydrogens (primary N) is 1. The van der Waals surface area contributed by atoms with E-state index in [1.165, 1.54) is 12.1 Å². The van der Waals surface area contributed by atoms with Crippen molar-refractivity contribution in [3.8, 4) is 5.75 Å². The fraction of sp³-hybridized carbons (Fsp3) is 0.294. The van der Waals surface area contributed by atoms with E-state index in [0.717, 1.165) is 16.7 Å². The van der Waals surface area contributed by atoms with Gasteiger partial charge in [0.2, 0.25) is 0 Å². The Balaban J connectivity index is 1.89. The van der Waals surface area contributed by atoms with E-state index in [1.807, 2.05) is 24.3 Å². The second kappa shape index (κ2) is 5.84. The standard InChI is InChI=1S/C17H18FNO2/c1-20-10-11-3-2-4-12(7-11)16-9-15(19)14-6-5-13(18)8-17(14)21-16/h2-8,15-16H,9-10,19H2,1H3. The van der Waals surface area contributed by atoms with Gasteiger partial charge in [-0.1, -0.05) is 24.3 Å². The third kappa shape index (κ3) is 2.91. The number of hydrogen-bond donors (Lipinski definition) is 1. The summed E-state index contributed by atoms with van der Waals surface area (Å²) in [5.41, 5.74) is 9.17. The molecule has 2 atom stereocenters. The maximum Gasteiger partial charge on any atom is 0.127 e. The van der Waals surface area contributed by atoms with E-state index in [1.54, 1.807) is 13.2 Å². The molecule has 3 nitrogen and oxygen atoms in total. The van der Waals surface area contributed by atoms with Crippen molar-refractivity contribution in [1.29, 1.82) is 0 Å². The van der Waals surface area contributed by atoms with Crippen LogP contribution >= 0.6 is 0 Å². The van der Waals surface area contributed by atoms with Crippen LogP contribution in [0.5, 0.6) is 5.75 Å². The Morgan fingerprint density at radius 3 is 2.95 bits per heavy atom. The summed E-state index contributed by atoms with van der Waals surface area (Å²) in [5.74, 6) is 0.227. The summed E-state index contributed by atoms with van der Waals surface area (Å²) in [6.45, 7) is 0.553. The molecule has 21 heavy (non-hydrogen) atoms. The fourth-order valence-electron chi connectivity index (χ4n) is 2.73. The molecule has 0 aliphatic carbocycles. The molecule has 2 aromatic rings. The maximum atomic E-state index is 13.4. The number of benzene rings is 2. The highest BCUT2D eigenvalue weighted by Gasteiger charge is 2.27. The second-order valence-electron chi connectivity index (χ2n) is 5.31. The Morgan fingerprint density at radius 2 is 2.14 bits per heavy atom. The molecule has 0 fully saturated rings. The summed E-state index contributed by atoms with van der Waals surface area (Å²) in [6, 6.07) is 12.4. The lowest BCUT2D eigenvalue weighted by Crippen LogP contribution is -2.24. The quantitative estimate of drug-likeness (QED) is 0.939. The van der Waals surface area contributed by atoms with Gasteiger partial charge in [-0.25, -0.2) is 4.39 Å². The summed E-state index contributed by atoms with van der Waals surface area (Å²) in [6.07, 6.45) is 0.515. The number of fused-ring (bicyclic) bond motifs is 1. The number of ether oxygens (including phenoxy) is 2. The summed E-state index contributed by atoms with van der Waals surface area (Å²) in [7, 11) is 1.67. The van der Waals surface area contributed by atoms with Gasteiger partial charge in [0, 0.05) is 31.2 Å². The van der Waals surface area contributed by atoms with Crippen molar-refractivity contribution in [1.82, 2.24) is 0 Å². The van der Waals surface area contributed by atoms with Crippen molar-refractivity contribution in [2.75, 3.05) is 7.11 Å². The van der Waals surface area contributed by atoms with Crippen LogP contribution in [0.25, 0.3) is 0 Å². The van der Waals surface area contributed by atoms with Gasteiger partial charge >= 0.3 is 0 Å². The van der Waals surface area contributed by atoms with E-state index in [0.29, 0.717) is 18.8 Å². The molecular weight excluding hydrogens is 269 g/mol. The molecule has 2 unspecified atom stereocenters. The first-order valence-corrected chi connectivity index (χ1v) is 6.97. The fourth-order valence-corrected chi connectivity index (χ4v) is 2.73. The second-order valence-corrected chi connectivity index (χ2v) is 5.31. The monoisotopic (exact) mass is 287 g/mol. The zero-order chi connectivity index (χ0) is 14.8. The van der Waals surface area contributed by atoms with Gasteiger partial charge in [-0.3, -0.25) is 0 Å². The molecule has 3 rings (SSSR count). The largest absolute Gasteiger partial charge is 0.485 e. The lowest BCUT2D eigenvalue weighted by Gasteiger charge is -2.30. The van der Waals surface area contributed by atoms with Crippen LogP contribution in [-0.4, -0.2) is 7.11 Å². The molecule has 1 heterocycles. The number of halogens is 1. The topological polar surface area (TPSA) is 44.5 Å². The highest BCUT2D eigenvalue weighted by molar-refractivity contribution is 5.40. The molecule has 110 valence electrons. The van der Waals surface area contributed by atoms with E-state index in [4.69, 9.17) is 15.2 Å². The van der Waals surface area contributed by atoms with E-state index >= 15 is 0 Å².